The topological polar surface area (TPSA) is 63.6 Å². The molecule has 0 aliphatic rings. The Hall–Kier alpha value is -2.21. The van der Waals surface area contributed by atoms with E-state index in [-0.39, 0.29) is 12.5 Å². The molecule has 1 aromatic carbocycles. The van der Waals surface area contributed by atoms with Crippen molar-refractivity contribution < 1.29 is 9.53 Å². The van der Waals surface area contributed by atoms with Gasteiger partial charge in [-0.05, 0) is 54.8 Å². The van der Waals surface area contributed by atoms with Crippen LogP contribution in [0.15, 0.2) is 46.2 Å². The number of aryl methyl sites for hydroxylation is 2. The predicted octanol–water partition coefficient (Wildman–Crippen LogP) is 2.99. The van der Waals surface area contributed by atoms with Gasteiger partial charge in [0.25, 0.3) is 5.91 Å². The highest BCUT2D eigenvalue weighted by Gasteiger charge is 2.08. The second-order valence-corrected chi connectivity index (χ2v) is 5.65. The number of carbonyl (C=O) groups is 1. The summed E-state index contributed by atoms with van der Waals surface area (Å²) in [5, 5.41) is 3.87. The molecule has 0 aliphatic carbocycles. The molecular formula is C16H16BrN3O2. The summed E-state index contributed by atoms with van der Waals surface area (Å²) in [6, 6.07) is 7.48. The number of hydrogen-bond acceptors (Lipinski definition) is 4. The largest absolute Gasteiger partial charge is 0.483 e. The summed E-state index contributed by atoms with van der Waals surface area (Å²) < 4.78 is 6.56. The van der Waals surface area contributed by atoms with Crippen LogP contribution in [0.25, 0.3) is 0 Å². The Bertz CT molecular complexity index is 664. The fraction of sp³-hybridized carbons (Fsp3) is 0.188. The maximum absolute atomic E-state index is 11.7. The van der Waals surface area contributed by atoms with E-state index >= 15 is 0 Å². The van der Waals surface area contributed by atoms with E-state index in [9.17, 15) is 4.79 Å². The number of amides is 1. The van der Waals surface area contributed by atoms with E-state index in [0.717, 1.165) is 26.9 Å². The third kappa shape index (κ3) is 4.66. The molecular weight excluding hydrogens is 346 g/mol. The molecule has 0 fully saturated rings. The predicted molar refractivity (Wildman–Crippen MR) is 89.1 cm³/mol. The van der Waals surface area contributed by atoms with Crippen LogP contribution < -0.4 is 10.2 Å². The molecule has 5 nitrogen and oxygen atoms in total. The summed E-state index contributed by atoms with van der Waals surface area (Å²) in [6.07, 6.45) is 4.87. The quantitative estimate of drug-likeness (QED) is 0.657. The van der Waals surface area contributed by atoms with Crippen molar-refractivity contribution in [2.75, 3.05) is 6.61 Å². The molecule has 0 atom stereocenters. The first-order chi connectivity index (χ1) is 10.6. The summed E-state index contributed by atoms with van der Waals surface area (Å²) in [5.41, 5.74) is 5.23. The van der Waals surface area contributed by atoms with Crippen molar-refractivity contribution in [1.29, 1.82) is 0 Å². The molecule has 0 radical (unpaired) electrons. The monoisotopic (exact) mass is 361 g/mol. The Balaban J connectivity index is 1.87. The van der Waals surface area contributed by atoms with Gasteiger partial charge in [0.15, 0.2) is 6.61 Å². The highest BCUT2D eigenvalue weighted by molar-refractivity contribution is 9.10. The number of pyridine rings is 1. The van der Waals surface area contributed by atoms with Crippen LogP contribution in [-0.4, -0.2) is 23.7 Å². The molecule has 0 aliphatic heterocycles. The lowest BCUT2D eigenvalue weighted by Gasteiger charge is -2.11. The summed E-state index contributed by atoms with van der Waals surface area (Å²) in [5.74, 6) is 0.406. The second-order valence-electron chi connectivity index (χ2n) is 4.73. The van der Waals surface area contributed by atoms with Crippen molar-refractivity contribution in [3.63, 3.8) is 0 Å². The van der Waals surface area contributed by atoms with Crippen LogP contribution in [0.3, 0.4) is 0 Å². The van der Waals surface area contributed by atoms with Gasteiger partial charge in [-0.3, -0.25) is 9.78 Å². The number of hydrazone groups is 1. The molecule has 2 rings (SSSR count). The lowest BCUT2D eigenvalue weighted by molar-refractivity contribution is -0.123. The number of carbonyl (C=O) groups excluding carboxylic acids is 1. The molecule has 114 valence electrons. The lowest BCUT2D eigenvalue weighted by atomic mass is 10.1. The SMILES string of the molecule is Cc1cc(Br)cc(C)c1OCC(=O)NN=Cc1ccncc1. The zero-order chi connectivity index (χ0) is 15.9. The number of hydrogen-bond donors (Lipinski definition) is 1. The number of halogens is 1. The van der Waals surface area contributed by atoms with Crippen molar-refractivity contribution in [3.8, 4) is 5.75 Å². The fourth-order valence-corrected chi connectivity index (χ4v) is 2.61. The second kappa shape index (κ2) is 7.70. The Morgan fingerprint density at radius 3 is 2.59 bits per heavy atom. The maximum Gasteiger partial charge on any atom is 0.277 e. The van der Waals surface area contributed by atoms with Crippen molar-refractivity contribution in [1.82, 2.24) is 10.4 Å². The summed E-state index contributed by atoms with van der Waals surface area (Å²) in [7, 11) is 0. The molecule has 0 saturated heterocycles. The number of aromatic nitrogens is 1. The minimum absolute atomic E-state index is 0.0863. The highest BCUT2D eigenvalue weighted by atomic mass is 79.9. The van der Waals surface area contributed by atoms with Gasteiger partial charge in [-0.15, -0.1) is 0 Å². The third-order valence-corrected chi connectivity index (χ3v) is 3.34. The van der Waals surface area contributed by atoms with Crippen LogP contribution in [0.1, 0.15) is 16.7 Å². The van der Waals surface area contributed by atoms with Gasteiger partial charge in [0.1, 0.15) is 5.75 Å². The zero-order valence-electron chi connectivity index (χ0n) is 12.3. The number of nitrogens with one attached hydrogen (secondary N) is 1. The van der Waals surface area contributed by atoms with E-state index in [1.165, 1.54) is 0 Å². The van der Waals surface area contributed by atoms with Gasteiger partial charge < -0.3 is 4.74 Å². The summed E-state index contributed by atoms with van der Waals surface area (Å²) in [6.45, 7) is 3.79. The first kappa shape index (κ1) is 16.2. The van der Waals surface area contributed by atoms with Crippen LogP contribution in [0.5, 0.6) is 5.75 Å². The molecule has 2 aromatic rings. The Kier molecular flexibility index (Phi) is 5.66. The van der Waals surface area contributed by atoms with Crippen molar-refractivity contribution in [2.45, 2.75) is 13.8 Å². The number of ether oxygens (including phenoxy) is 1. The van der Waals surface area contributed by atoms with E-state index in [2.05, 4.69) is 31.4 Å². The number of rotatable bonds is 5. The molecule has 1 amide bonds. The van der Waals surface area contributed by atoms with Gasteiger partial charge in [-0.2, -0.15) is 5.10 Å². The molecule has 0 spiro atoms. The molecule has 22 heavy (non-hydrogen) atoms. The van der Waals surface area contributed by atoms with Crippen molar-refractivity contribution >= 4 is 28.1 Å². The zero-order valence-corrected chi connectivity index (χ0v) is 13.9. The molecule has 0 bridgehead atoms. The molecule has 6 heteroatoms. The van der Waals surface area contributed by atoms with Gasteiger partial charge >= 0.3 is 0 Å². The first-order valence-electron chi connectivity index (χ1n) is 6.68. The molecule has 1 N–H and O–H groups in total. The van der Waals surface area contributed by atoms with Gasteiger partial charge in [0.05, 0.1) is 6.21 Å². The van der Waals surface area contributed by atoms with Crippen LogP contribution in [-0.2, 0) is 4.79 Å². The van der Waals surface area contributed by atoms with E-state index in [1.807, 2.05) is 26.0 Å². The fourth-order valence-electron chi connectivity index (χ4n) is 1.92. The molecule has 1 heterocycles. The van der Waals surface area contributed by atoms with Crippen LogP contribution >= 0.6 is 15.9 Å². The van der Waals surface area contributed by atoms with Crippen LogP contribution in [0, 0.1) is 13.8 Å². The Morgan fingerprint density at radius 1 is 1.32 bits per heavy atom. The minimum Gasteiger partial charge on any atom is -0.483 e. The summed E-state index contributed by atoms with van der Waals surface area (Å²) >= 11 is 3.43. The van der Waals surface area contributed by atoms with Crippen molar-refractivity contribution in [2.24, 2.45) is 5.10 Å². The van der Waals surface area contributed by atoms with E-state index in [0.29, 0.717) is 0 Å². The van der Waals surface area contributed by atoms with E-state index in [1.54, 1.807) is 30.7 Å². The smallest absolute Gasteiger partial charge is 0.277 e. The average molecular weight is 362 g/mol. The lowest BCUT2D eigenvalue weighted by Crippen LogP contribution is -2.25. The van der Waals surface area contributed by atoms with Crippen LogP contribution in [0.2, 0.25) is 0 Å². The van der Waals surface area contributed by atoms with Crippen LogP contribution in [0.4, 0.5) is 0 Å². The Labute approximate surface area is 137 Å². The molecule has 1 aromatic heterocycles. The van der Waals surface area contributed by atoms with E-state index in [4.69, 9.17) is 4.74 Å². The molecule has 0 unspecified atom stereocenters. The normalized spacial score (nSPS) is 10.7. The third-order valence-electron chi connectivity index (χ3n) is 2.88. The molecule has 0 saturated carbocycles. The van der Waals surface area contributed by atoms with Crippen molar-refractivity contribution in [3.05, 3.63) is 57.8 Å². The Morgan fingerprint density at radius 2 is 1.95 bits per heavy atom. The van der Waals surface area contributed by atoms with Gasteiger partial charge in [-0.25, -0.2) is 5.43 Å². The van der Waals surface area contributed by atoms with Gasteiger partial charge in [-0.1, -0.05) is 15.9 Å². The first-order valence-corrected chi connectivity index (χ1v) is 7.47. The average Bonchev–Trinajstić information content (AvgIpc) is 2.47. The highest BCUT2D eigenvalue weighted by Crippen LogP contribution is 2.27. The number of benzene rings is 1. The standard InChI is InChI=1S/C16H16BrN3O2/c1-11-7-14(17)8-12(2)16(11)22-10-15(21)20-19-9-13-3-5-18-6-4-13/h3-9H,10H2,1-2H3,(H,20,21). The number of nitrogens with zero attached hydrogens (tertiary/aromatic N) is 2. The minimum atomic E-state index is -0.313. The van der Waals surface area contributed by atoms with Gasteiger partial charge in [0.2, 0.25) is 0 Å². The summed E-state index contributed by atoms with van der Waals surface area (Å²) in [4.78, 5) is 15.6. The van der Waals surface area contributed by atoms with Gasteiger partial charge in [0, 0.05) is 16.9 Å². The van der Waals surface area contributed by atoms with E-state index < -0.39 is 0 Å². The maximum atomic E-state index is 11.7.